The van der Waals surface area contributed by atoms with Crippen molar-refractivity contribution in [3.8, 4) is 0 Å². The SMILES string of the molecule is CS(=O)(=O)NCCNCc1ccccc1Br. The smallest absolute Gasteiger partial charge is 0.208 e. The number of benzene rings is 1. The maximum atomic E-state index is 10.8. The van der Waals surface area contributed by atoms with Gasteiger partial charge in [0, 0.05) is 24.1 Å². The maximum Gasteiger partial charge on any atom is 0.208 e. The molecule has 0 atom stereocenters. The Balaban J connectivity index is 2.24. The Labute approximate surface area is 105 Å². The van der Waals surface area contributed by atoms with E-state index in [0.717, 1.165) is 16.3 Å². The van der Waals surface area contributed by atoms with Crippen LogP contribution in [0.2, 0.25) is 0 Å². The van der Waals surface area contributed by atoms with E-state index < -0.39 is 10.0 Å². The summed E-state index contributed by atoms with van der Waals surface area (Å²) in [5, 5.41) is 3.16. The number of hydrogen-bond acceptors (Lipinski definition) is 3. The van der Waals surface area contributed by atoms with Crippen LogP contribution in [-0.4, -0.2) is 27.8 Å². The fraction of sp³-hybridized carbons (Fsp3) is 0.400. The molecule has 0 spiro atoms. The molecule has 0 bridgehead atoms. The second-order valence-electron chi connectivity index (χ2n) is 3.43. The highest BCUT2D eigenvalue weighted by molar-refractivity contribution is 9.10. The van der Waals surface area contributed by atoms with E-state index >= 15 is 0 Å². The summed E-state index contributed by atoms with van der Waals surface area (Å²) in [5.41, 5.74) is 1.15. The minimum Gasteiger partial charge on any atom is -0.311 e. The second kappa shape index (κ2) is 6.34. The molecular formula is C10H15BrN2O2S. The van der Waals surface area contributed by atoms with Crippen LogP contribution in [0.5, 0.6) is 0 Å². The number of hydrogen-bond donors (Lipinski definition) is 2. The molecular weight excluding hydrogens is 292 g/mol. The first kappa shape index (κ1) is 13.6. The Hall–Kier alpha value is -0.430. The molecule has 0 amide bonds. The van der Waals surface area contributed by atoms with Crippen LogP contribution in [0.4, 0.5) is 0 Å². The van der Waals surface area contributed by atoms with Gasteiger partial charge in [0.25, 0.3) is 0 Å². The Kier molecular flexibility index (Phi) is 5.40. The number of rotatable bonds is 6. The van der Waals surface area contributed by atoms with E-state index in [9.17, 15) is 8.42 Å². The van der Waals surface area contributed by atoms with Gasteiger partial charge in [-0.1, -0.05) is 34.1 Å². The van der Waals surface area contributed by atoms with E-state index in [1.807, 2.05) is 24.3 Å². The van der Waals surface area contributed by atoms with Gasteiger partial charge in [0.05, 0.1) is 6.26 Å². The minimum absolute atomic E-state index is 0.406. The van der Waals surface area contributed by atoms with Crippen LogP contribution in [-0.2, 0) is 16.6 Å². The number of halogens is 1. The van der Waals surface area contributed by atoms with Gasteiger partial charge >= 0.3 is 0 Å². The van der Waals surface area contributed by atoms with E-state index in [1.54, 1.807) is 0 Å². The highest BCUT2D eigenvalue weighted by Gasteiger charge is 1.99. The predicted octanol–water partition coefficient (Wildman–Crippen LogP) is 1.09. The lowest BCUT2D eigenvalue weighted by molar-refractivity contribution is 0.581. The summed E-state index contributed by atoms with van der Waals surface area (Å²) >= 11 is 3.45. The van der Waals surface area contributed by atoms with E-state index in [1.165, 1.54) is 0 Å². The zero-order valence-corrected chi connectivity index (χ0v) is 11.4. The molecule has 6 heteroatoms. The van der Waals surface area contributed by atoms with Gasteiger partial charge in [0.1, 0.15) is 0 Å². The van der Waals surface area contributed by atoms with Crippen molar-refractivity contribution >= 4 is 26.0 Å². The van der Waals surface area contributed by atoms with E-state index in [0.29, 0.717) is 19.6 Å². The lowest BCUT2D eigenvalue weighted by Gasteiger charge is -2.06. The average molecular weight is 307 g/mol. The summed E-state index contributed by atoms with van der Waals surface area (Å²) in [5.74, 6) is 0. The largest absolute Gasteiger partial charge is 0.311 e. The van der Waals surface area contributed by atoms with Gasteiger partial charge in [-0.25, -0.2) is 13.1 Å². The highest BCUT2D eigenvalue weighted by Crippen LogP contribution is 2.14. The normalized spacial score (nSPS) is 11.6. The average Bonchev–Trinajstić information content (AvgIpc) is 2.18. The molecule has 0 aromatic heterocycles. The molecule has 0 heterocycles. The van der Waals surface area contributed by atoms with Gasteiger partial charge < -0.3 is 5.32 Å². The van der Waals surface area contributed by atoms with Crippen LogP contribution < -0.4 is 10.0 Å². The van der Waals surface area contributed by atoms with Gasteiger partial charge in [0.15, 0.2) is 0 Å². The molecule has 0 radical (unpaired) electrons. The fourth-order valence-electron chi connectivity index (χ4n) is 1.19. The minimum atomic E-state index is -3.08. The molecule has 0 aliphatic carbocycles. The molecule has 0 saturated carbocycles. The van der Waals surface area contributed by atoms with Crippen LogP contribution in [0.3, 0.4) is 0 Å². The molecule has 1 aromatic carbocycles. The van der Waals surface area contributed by atoms with Crippen molar-refractivity contribution in [1.29, 1.82) is 0 Å². The highest BCUT2D eigenvalue weighted by atomic mass is 79.9. The molecule has 0 aliphatic rings. The molecule has 1 rings (SSSR count). The van der Waals surface area contributed by atoms with Crippen LogP contribution in [0.15, 0.2) is 28.7 Å². The lowest BCUT2D eigenvalue weighted by Crippen LogP contribution is -2.30. The quantitative estimate of drug-likeness (QED) is 0.774. The molecule has 0 saturated heterocycles. The zero-order chi connectivity index (χ0) is 12.0. The third-order valence-corrected chi connectivity index (χ3v) is 3.44. The van der Waals surface area contributed by atoms with Crippen LogP contribution in [0.25, 0.3) is 0 Å². The van der Waals surface area contributed by atoms with Crippen molar-refractivity contribution in [2.45, 2.75) is 6.54 Å². The zero-order valence-electron chi connectivity index (χ0n) is 9.03. The molecule has 0 fully saturated rings. The summed E-state index contributed by atoms with van der Waals surface area (Å²) < 4.78 is 25.0. The van der Waals surface area contributed by atoms with Crippen molar-refractivity contribution in [3.05, 3.63) is 34.3 Å². The summed E-state index contributed by atoms with van der Waals surface area (Å²) in [6.45, 7) is 1.73. The topological polar surface area (TPSA) is 58.2 Å². The van der Waals surface area contributed by atoms with Gasteiger partial charge in [-0.3, -0.25) is 0 Å². The first-order valence-corrected chi connectivity index (χ1v) is 7.56. The van der Waals surface area contributed by atoms with Crippen molar-refractivity contribution in [1.82, 2.24) is 10.0 Å². The second-order valence-corrected chi connectivity index (χ2v) is 6.12. The van der Waals surface area contributed by atoms with Crippen molar-refractivity contribution in [2.75, 3.05) is 19.3 Å². The van der Waals surface area contributed by atoms with Gasteiger partial charge in [-0.2, -0.15) is 0 Å². The van der Waals surface area contributed by atoms with Crippen molar-refractivity contribution in [2.24, 2.45) is 0 Å². The molecule has 16 heavy (non-hydrogen) atoms. The Morgan fingerprint density at radius 2 is 1.94 bits per heavy atom. The maximum absolute atomic E-state index is 10.8. The first-order chi connectivity index (χ1) is 7.49. The molecule has 0 unspecified atom stereocenters. The lowest BCUT2D eigenvalue weighted by atomic mass is 10.2. The number of sulfonamides is 1. The third kappa shape index (κ3) is 5.60. The first-order valence-electron chi connectivity index (χ1n) is 4.88. The predicted molar refractivity (Wildman–Crippen MR) is 68.7 cm³/mol. The molecule has 2 N–H and O–H groups in total. The van der Waals surface area contributed by atoms with E-state index in [-0.39, 0.29) is 0 Å². The van der Waals surface area contributed by atoms with E-state index in [4.69, 9.17) is 0 Å². The Morgan fingerprint density at radius 1 is 1.25 bits per heavy atom. The summed E-state index contributed by atoms with van der Waals surface area (Å²) in [4.78, 5) is 0. The van der Waals surface area contributed by atoms with Crippen molar-refractivity contribution < 1.29 is 8.42 Å². The number of nitrogens with one attached hydrogen (secondary N) is 2. The fourth-order valence-corrected chi connectivity index (χ4v) is 2.09. The molecule has 90 valence electrons. The van der Waals surface area contributed by atoms with Crippen LogP contribution in [0, 0.1) is 0 Å². The molecule has 1 aromatic rings. The third-order valence-electron chi connectivity index (χ3n) is 1.94. The summed E-state index contributed by atoms with van der Waals surface area (Å²) in [6.07, 6.45) is 1.15. The van der Waals surface area contributed by atoms with Crippen LogP contribution >= 0.6 is 15.9 Å². The van der Waals surface area contributed by atoms with Gasteiger partial charge in [-0.05, 0) is 11.6 Å². The summed E-state index contributed by atoms with van der Waals surface area (Å²) in [6, 6.07) is 7.92. The van der Waals surface area contributed by atoms with Gasteiger partial charge in [-0.15, -0.1) is 0 Å². The standard InChI is InChI=1S/C10H15BrN2O2S/c1-16(14,15)13-7-6-12-8-9-4-2-3-5-10(9)11/h2-5,12-13H,6-8H2,1H3. The molecule has 0 aliphatic heterocycles. The molecule has 4 nitrogen and oxygen atoms in total. The van der Waals surface area contributed by atoms with Gasteiger partial charge in [0.2, 0.25) is 10.0 Å². The Morgan fingerprint density at radius 3 is 2.56 bits per heavy atom. The monoisotopic (exact) mass is 306 g/mol. The Bertz CT molecular complexity index is 434. The van der Waals surface area contributed by atoms with Crippen LogP contribution in [0.1, 0.15) is 5.56 Å². The summed E-state index contributed by atoms with van der Waals surface area (Å²) in [7, 11) is -3.08. The van der Waals surface area contributed by atoms with E-state index in [2.05, 4.69) is 26.0 Å². The van der Waals surface area contributed by atoms with Crippen molar-refractivity contribution in [3.63, 3.8) is 0 Å².